The molecule has 4 aromatic rings. The normalized spacial score (nSPS) is 11.4. The maximum Gasteiger partial charge on any atom is 0.203 e. The van der Waals surface area contributed by atoms with E-state index >= 15 is 0 Å². The SMILES string of the molecule is COc1cc(/C=C\c2c(-c3ccc(F)cc3)nc3sc(C)cn23)cc(OC)c1OC. The van der Waals surface area contributed by atoms with Crippen molar-refractivity contribution in [3.63, 3.8) is 0 Å². The molecule has 4 rings (SSSR count). The second-order valence-electron chi connectivity index (χ2n) is 6.64. The largest absolute Gasteiger partial charge is 0.493 e. The van der Waals surface area contributed by atoms with Crippen LogP contribution in [-0.4, -0.2) is 30.7 Å². The van der Waals surface area contributed by atoms with Gasteiger partial charge in [-0.2, -0.15) is 0 Å². The van der Waals surface area contributed by atoms with Crippen molar-refractivity contribution in [1.82, 2.24) is 9.38 Å². The summed E-state index contributed by atoms with van der Waals surface area (Å²) in [7, 11) is 4.75. The lowest BCUT2D eigenvalue weighted by Gasteiger charge is -2.12. The quantitative estimate of drug-likeness (QED) is 0.398. The van der Waals surface area contributed by atoms with Crippen LogP contribution in [0.2, 0.25) is 0 Å². The first-order chi connectivity index (χ1) is 14.5. The van der Waals surface area contributed by atoms with Gasteiger partial charge in [0, 0.05) is 16.6 Å². The molecule has 0 amide bonds. The summed E-state index contributed by atoms with van der Waals surface area (Å²) in [6, 6.07) is 10.1. The lowest BCUT2D eigenvalue weighted by molar-refractivity contribution is 0.324. The summed E-state index contributed by atoms with van der Waals surface area (Å²) in [5.74, 6) is 1.44. The van der Waals surface area contributed by atoms with Crippen LogP contribution >= 0.6 is 11.3 Å². The maximum absolute atomic E-state index is 13.4. The fourth-order valence-corrected chi connectivity index (χ4v) is 4.16. The molecule has 2 heterocycles. The van der Waals surface area contributed by atoms with E-state index in [0.717, 1.165) is 32.4 Å². The van der Waals surface area contributed by atoms with E-state index in [4.69, 9.17) is 19.2 Å². The van der Waals surface area contributed by atoms with Crippen LogP contribution in [0, 0.1) is 12.7 Å². The number of benzene rings is 2. The molecule has 30 heavy (non-hydrogen) atoms. The molecule has 0 aliphatic heterocycles. The molecule has 0 N–H and O–H groups in total. The van der Waals surface area contributed by atoms with Crippen molar-refractivity contribution in [1.29, 1.82) is 0 Å². The van der Waals surface area contributed by atoms with E-state index in [2.05, 4.69) is 6.20 Å². The van der Waals surface area contributed by atoms with Gasteiger partial charge >= 0.3 is 0 Å². The third kappa shape index (κ3) is 3.64. The van der Waals surface area contributed by atoms with Gasteiger partial charge in [0.2, 0.25) is 5.75 Å². The van der Waals surface area contributed by atoms with Crippen LogP contribution in [0.5, 0.6) is 17.2 Å². The number of aromatic nitrogens is 2. The van der Waals surface area contributed by atoms with Crippen LogP contribution in [0.3, 0.4) is 0 Å². The summed E-state index contributed by atoms with van der Waals surface area (Å²) in [6.45, 7) is 2.05. The van der Waals surface area contributed by atoms with E-state index in [-0.39, 0.29) is 5.82 Å². The first kappa shape index (κ1) is 20.0. The number of rotatable bonds is 6. The highest BCUT2D eigenvalue weighted by molar-refractivity contribution is 7.17. The van der Waals surface area contributed by atoms with Crippen molar-refractivity contribution < 1.29 is 18.6 Å². The third-order valence-electron chi connectivity index (χ3n) is 4.72. The number of methoxy groups -OCH3 is 3. The van der Waals surface area contributed by atoms with Gasteiger partial charge in [-0.3, -0.25) is 4.40 Å². The Morgan fingerprint density at radius 2 is 1.63 bits per heavy atom. The number of nitrogens with zero attached hydrogens (tertiary/aromatic N) is 2. The molecule has 5 nitrogen and oxygen atoms in total. The first-order valence-corrected chi connectivity index (χ1v) is 10.1. The molecule has 0 unspecified atom stereocenters. The summed E-state index contributed by atoms with van der Waals surface area (Å²) in [5, 5.41) is 0. The zero-order chi connectivity index (χ0) is 21.3. The minimum Gasteiger partial charge on any atom is -0.493 e. The molecule has 2 aromatic carbocycles. The molecule has 0 aliphatic carbocycles. The summed E-state index contributed by atoms with van der Waals surface area (Å²) in [5.41, 5.74) is 3.45. The van der Waals surface area contributed by atoms with E-state index in [9.17, 15) is 4.39 Å². The minimum absolute atomic E-state index is 0.273. The van der Waals surface area contributed by atoms with E-state index in [0.29, 0.717) is 17.2 Å². The number of aryl methyl sites for hydroxylation is 1. The number of thiazole rings is 1. The zero-order valence-corrected chi connectivity index (χ0v) is 17.9. The molecule has 2 aromatic heterocycles. The highest BCUT2D eigenvalue weighted by Crippen LogP contribution is 2.39. The predicted octanol–water partition coefficient (Wildman–Crippen LogP) is 5.71. The Morgan fingerprint density at radius 1 is 0.967 bits per heavy atom. The standard InChI is InChI=1S/C23H21FN2O3S/c1-14-13-26-18(21(25-23(26)30-14)16-6-8-17(24)9-7-16)10-5-15-11-19(27-2)22(29-4)20(12-15)28-3/h5-13H,1-4H3/b10-5-. The monoisotopic (exact) mass is 424 g/mol. The van der Waals surface area contributed by atoms with Crippen LogP contribution in [0.25, 0.3) is 28.4 Å². The molecule has 0 aliphatic rings. The van der Waals surface area contributed by atoms with Crippen LogP contribution in [0.1, 0.15) is 16.1 Å². The van der Waals surface area contributed by atoms with Gasteiger partial charge in [0.1, 0.15) is 5.82 Å². The average Bonchev–Trinajstić information content (AvgIpc) is 3.27. The highest BCUT2D eigenvalue weighted by atomic mass is 32.1. The number of halogens is 1. The molecule has 0 fully saturated rings. The molecule has 0 bridgehead atoms. The van der Waals surface area contributed by atoms with E-state index in [1.54, 1.807) is 44.8 Å². The van der Waals surface area contributed by atoms with Crippen LogP contribution in [-0.2, 0) is 0 Å². The Bertz CT molecular complexity index is 1200. The summed E-state index contributed by atoms with van der Waals surface area (Å²) < 4.78 is 31.7. The molecule has 154 valence electrons. The predicted molar refractivity (Wildman–Crippen MR) is 118 cm³/mol. The van der Waals surface area contributed by atoms with Crippen LogP contribution in [0.4, 0.5) is 4.39 Å². The van der Waals surface area contributed by atoms with Crippen LogP contribution < -0.4 is 14.2 Å². The van der Waals surface area contributed by atoms with Crippen molar-refractivity contribution in [3.05, 3.63) is 64.5 Å². The van der Waals surface area contributed by atoms with E-state index in [1.165, 1.54) is 12.1 Å². The second-order valence-corrected chi connectivity index (χ2v) is 7.85. The number of hydrogen-bond acceptors (Lipinski definition) is 5. The smallest absolute Gasteiger partial charge is 0.203 e. The topological polar surface area (TPSA) is 45.0 Å². The molecule has 0 saturated heterocycles. The number of hydrogen-bond donors (Lipinski definition) is 0. The molecule has 0 spiro atoms. The fourth-order valence-electron chi connectivity index (χ4n) is 3.33. The number of ether oxygens (including phenoxy) is 3. The van der Waals surface area contributed by atoms with E-state index in [1.807, 2.05) is 35.6 Å². The van der Waals surface area contributed by atoms with Gasteiger partial charge < -0.3 is 14.2 Å². The van der Waals surface area contributed by atoms with Crippen molar-refractivity contribution in [2.24, 2.45) is 0 Å². The van der Waals surface area contributed by atoms with Crippen LogP contribution in [0.15, 0.2) is 42.6 Å². The molecular weight excluding hydrogens is 403 g/mol. The van der Waals surface area contributed by atoms with Gasteiger partial charge in [0.15, 0.2) is 16.5 Å². The van der Waals surface area contributed by atoms with Gasteiger partial charge in [-0.1, -0.05) is 6.08 Å². The second kappa shape index (κ2) is 8.20. The number of fused-ring (bicyclic) bond motifs is 1. The Labute approximate surface area is 178 Å². The van der Waals surface area contributed by atoms with Crippen molar-refractivity contribution in [2.75, 3.05) is 21.3 Å². The highest BCUT2D eigenvalue weighted by Gasteiger charge is 2.15. The zero-order valence-electron chi connectivity index (χ0n) is 17.1. The molecular formula is C23H21FN2O3S. The van der Waals surface area contributed by atoms with Gasteiger partial charge in [-0.15, -0.1) is 11.3 Å². The van der Waals surface area contributed by atoms with Gasteiger partial charge in [-0.05, 0) is 55.0 Å². The molecule has 0 atom stereocenters. The van der Waals surface area contributed by atoms with Gasteiger partial charge in [0.05, 0.1) is 32.7 Å². The molecule has 7 heteroatoms. The Kier molecular flexibility index (Phi) is 5.46. The van der Waals surface area contributed by atoms with Crippen molar-refractivity contribution in [3.8, 4) is 28.5 Å². The average molecular weight is 424 g/mol. The van der Waals surface area contributed by atoms with Crippen molar-refractivity contribution in [2.45, 2.75) is 6.92 Å². The summed E-state index contributed by atoms with van der Waals surface area (Å²) in [4.78, 5) is 6.82. The van der Waals surface area contributed by atoms with Crippen molar-refractivity contribution >= 4 is 28.4 Å². The number of imidazole rings is 1. The lowest BCUT2D eigenvalue weighted by atomic mass is 10.1. The molecule has 0 saturated carbocycles. The summed E-state index contributed by atoms with van der Waals surface area (Å²) >= 11 is 1.61. The molecule has 0 radical (unpaired) electrons. The van der Waals surface area contributed by atoms with E-state index < -0.39 is 0 Å². The Balaban J connectivity index is 1.82. The van der Waals surface area contributed by atoms with Gasteiger partial charge in [-0.25, -0.2) is 9.37 Å². The third-order valence-corrected chi connectivity index (χ3v) is 5.62. The first-order valence-electron chi connectivity index (χ1n) is 9.26. The van der Waals surface area contributed by atoms with Gasteiger partial charge in [0.25, 0.3) is 0 Å². The Hall–Kier alpha value is -3.32. The lowest BCUT2D eigenvalue weighted by Crippen LogP contribution is -1.95. The Morgan fingerprint density at radius 3 is 2.23 bits per heavy atom. The minimum atomic E-state index is -0.273. The summed E-state index contributed by atoms with van der Waals surface area (Å²) in [6.07, 6.45) is 6.01. The maximum atomic E-state index is 13.4. The fraction of sp³-hybridized carbons (Fsp3) is 0.174.